The SMILES string of the molecule is COc1cc2nccc(N[C@H](C)c3cccc(C(F)F)c3F)c2cc1C1=CCN(S(C)(=O)=O)CC1. The molecule has 1 aliphatic heterocycles. The quantitative estimate of drug-likeness (QED) is 0.456. The molecule has 1 aliphatic rings. The van der Waals surface area contributed by atoms with Crippen molar-refractivity contribution in [3.05, 3.63) is 71.2 Å². The number of hydrogen-bond acceptors (Lipinski definition) is 5. The number of hydrogen-bond donors (Lipinski definition) is 1. The van der Waals surface area contributed by atoms with Gasteiger partial charge in [0.05, 0.1) is 30.5 Å². The largest absolute Gasteiger partial charge is 0.496 e. The van der Waals surface area contributed by atoms with Crippen molar-refractivity contribution in [1.29, 1.82) is 0 Å². The molecule has 2 heterocycles. The average molecular weight is 506 g/mol. The van der Waals surface area contributed by atoms with E-state index in [1.807, 2.05) is 12.1 Å². The van der Waals surface area contributed by atoms with Crippen LogP contribution in [0, 0.1) is 5.82 Å². The third kappa shape index (κ3) is 5.13. The van der Waals surface area contributed by atoms with Gasteiger partial charge in [-0.05, 0) is 31.1 Å². The lowest BCUT2D eigenvalue weighted by Crippen LogP contribution is -2.33. The molecular formula is C25H26F3N3O3S. The molecule has 0 unspecified atom stereocenters. The summed E-state index contributed by atoms with van der Waals surface area (Å²) in [5.41, 5.74) is 2.55. The van der Waals surface area contributed by atoms with E-state index in [-0.39, 0.29) is 12.1 Å². The van der Waals surface area contributed by atoms with Gasteiger partial charge in [-0.2, -0.15) is 4.31 Å². The van der Waals surface area contributed by atoms with Crippen LogP contribution in [0.3, 0.4) is 0 Å². The minimum Gasteiger partial charge on any atom is -0.496 e. The van der Waals surface area contributed by atoms with Crippen LogP contribution in [0.5, 0.6) is 5.75 Å². The molecule has 2 aromatic carbocycles. The maximum absolute atomic E-state index is 14.7. The van der Waals surface area contributed by atoms with E-state index >= 15 is 0 Å². The summed E-state index contributed by atoms with van der Waals surface area (Å²) in [6.45, 7) is 2.33. The zero-order valence-electron chi connectivity index (χ0n) is 19.6. The van der Waals surface area contributed by atoms with Gasteiger partial charge in [0.1, 0.15) is 11.6 Å². The number of methoxy groups -OCH3 is 1. The lowest BCUT2D eigenvalue weighted by Gasteiger charge is -2.25. The summed E-state index contributed by atoms with van der Waals surface area (Å²) in [6, 6.07) is 8.83. The maximum Gasteiger partial charge on any atom is 0.266 e. The van der Waals surface area contributed by atoms with Crippen LogP contribution in [0.15, 0.2) is 48.7 Å². The smallest absolute Gasteiger partial charge is 0.266 e. The molecule has 3 aromatic rings. The number of benzene rings is 2. The first-order chi connectivity index (χ1) is 16.6. The molecule has 0 amide bonds. The highest BCUT2D eigenvalue weighted by Crippen LogP contribution is 2.37. The maximum atomic E-state index is 14.7. The highest BCUT2D eigenvalue weighted by molar-refractivity contribution is 7.88. The van der Waals surface area contributed by atoms with Crippen molar-refractivity contribution in [2.24, 2.45) is 0 Å². The fourth-order valence-electron chi connectivity index (χ4n) is 4.30. The molecular weight excluding hydrogens is 479 g/mol. The van der Waals surface area contributed by atoms with Gasteiger partial charge in [0.25, 0.3) is 6.43 Å². The van der Waals surface area contributed by atoms with Gasteiger partial charge in [0.15, 0.2) is 0 Å². The summed E-state index contributed by atoms with van der Waals surface area (Å²) < 4.78 is 71.8. The lowest BCUT2D eigenvalue weighted by molar-refractivity contribution is 0.146. The molecule has 35 heavy (non-hydrogen) atoms. The number of nitrogens with one attached hydrogen (secondary N) is 1. The van der Waals surface area contributed by atoms with Crippen LogP contribution >= 0.6 is 0 Å². The zero-order valence-corrected chi connectivity index (χ0v) is 20.4. The second kappa shape index (κ2) is 9.87. The van der Waals surface area contributed by atoms with Crippen molar-refractivity contribution in [1.82, 2.24) is 9.29 Å². The summed E-state index contributed by atoms with van der Waals surface area (Å²) in [7, 11) is -1.73. The van der Waals surface area contributed by atoms with Gasteiger partial charge in [0.2, 0.25) is 10.0 Å². The van der Waals surface area contributed by atoms with E-state index in [4.69, 9.17) is 4.74 Å². The number of alkyl halides is 2. The first kappa shape index (κ1) is 25.0. The van der Waals surface area contributed by atoms with Crippen molar-refractivity contribution in [3.63, 3.8) is 0 Å². The number of pyridine rings is 1. The summed E-state index contributed by atoms with van der Waals surface area (Å²) in [4.78, 5) is 4.42. The summed E-state index contributed by atoms with van der Waals surface area (Å²) in [6.07, 6.45) is 2.27. The van der Waals surface area contributed by atoms with Crippen LogP contribution < -0.4 is 10.1 Å². The Morgan fingerprint density at radius 3 is 2.54 bits per heavy atom. The van der Waals surface area contributed by atoms with Gasteiger partial charge in [-0.25, -0.2) is 21.6 Å². The molecule has 186 valence electrons. The van der Waals surface area contributed by atoms with E-state index < -0.39 is 33.9 Å². The van der Waals surface area contributed by atoms with Gasteiger partial charge in [-0.15, -0.1) is 0 Å². The zero-order chi connectivity index (χ0) is 25.3. The molecule has 0 aliphatic carbocycles. The molecule has 0 bridgehead atoms. The Morgan fingerprint density at radius 2 is 1.91 bits per heavy atom. The van der Waals surface area contributed by atoms with Crippen LogP contribution in [0.1, 0.15) is 42.5 Å². The monoisotopic (exact) mass is 505 g/mol. The standard InChI is InChI=1S/C25H26F3N3O3S/c1-15(17-5-4-6-18(24(17)26)25(27)28)30-21-7-10-29-22-14-23(34-2)19(13-20(21)22)16-8-11-31(12-9-16)35(3,32)33/h4-8,10,13-15,25H,9,11-12H2,1-3H3,(H,29,30)/t15-/m1/s1. The lowest BCUT2D eigenvalue weighted by atomic mass is 9.96. The van der Waals surface area contributed by atoms with Crippen LogP contribution in [0.2, 0.25) is 0 Å². The Bertz CT molecular complexity index is 1390. The second-order valence-electron chi connectivity index (χ2n) is 8.45. The Hall–Kier alpha value is -3.11. The van der Waals surface area contributed by atoms with Gasteiger partial charge in [-0.3, -0.25) is 4.98 Å². The fraction of sp³-hybridized carbons (Fsp3) is 0.320. The predicted octanol–water partition coefficient (Wildman–Crippen LogP) is 5.54. The number of sulfonamides is 1. The van der Waals surface area contributed by atoms with Gasteiger partial charge >= 0.3 is 0 Å². The molecule has 0 saturated heterocycles. The Morgan fingerprint density at radius 1 is 1.17 bits per heavy atom. The molecule has 0 spiro atoms. The van der Waals surface area contributed by atoms with Crippen molar-refractivity contribution in [2.45, 2.75) is 25.8 Å². The average Bonchev–Trinajstić information content (AvgIpc) is 2.82. The van der Waals surface area contributed by atoms with Crippen LogP contribution in [0.4, 0.5) is 18.9 Å². The Labute approximate surface area is 202 Å². The molecule has 0 saturated carbocycles. The van der Waals surface area contributed by atoms with Crippen molar-refractivity contribution in [2.75, 3.05) is 31.8 Å². The van der Waals surface area contributed by atoms with Gasteiger partial charge in [-0.1, -0.05) is 24.3 Å². The molecule has 10 heteroatoms. The van der Waals surface area contributed by atoms with E-state index in [1.54, 1.807) is 32.4 Å². The predicted molar refractivity (Wildman–Crippen MR) is 131 cm³/mol. The summed E-state index contributed by atoms with van der Waals surface area (Å²) >= 11 is 0. The van der Waals surface area contributed by atoms with Crippen molar-refractivity contribution < 1.29 is 26.3 Å². The highest BCUT2D eigenvalue weighted by Gasteiger charge is 2.23. The van der Waals surface area contributed by atoms with E-state index in [9.17, 15) is 21.6 Å². The normalized spacial score (nSPS) is 15.8. The van der Waals surface area contributed by atoms with Gasteiger partial charge in [0, 0.05) is 47.6 Å². The molecule has 0 fully saturated rings. The van der Waals surface area contributed by atoms with Gasteiger partial charge < -0.3 is 10.1 Å². The van der Waals surface area contributed by atoms with E-state index in [0.717, 1.165) is 22.6 Å². The highest BCUT2D eigenvalue weighted by atomic mass is 32.2. The van der Waals surface area contributed by atoms with Crippen LogP contribution in [0.25, 0.3) is 16.5 Å². The number of halogens is 3. The Balaban J connectivity index is 1.72. The molecule has 1 N–H and O–H groups in total. The first-order valence-electron chi connectivity index (χ1n) is 11.0. The third-order valence-electron chi connectivity index (χ3n) is 6.18. The number of anilines is 1. The number of fused-ring (bicyclic) bond motifs is 1. The summed E-state index contributed by atoms with van der Waals surface area (Å²) in [5.74, 6) is -0.323. The fourth-order valence-corrected chi connectivity index (χ4v) is 5.07. The minimum absolute atomic E-state index is 0.136. The first-order valence-corrected chi connectivity index (χ1v) is 12.9. The van der Waals surface area contributed by atoms with Crippen LogP contribution in [-0.2, 0) is 10.0 Å². The molecule has 4 rings (SSSR count). The number of rotatable bonds is 7. The third-order valence-corrected chi connectivity index (χ3v) is 7.45. The van der Waals surface area contributed by atoms with E-state index in [2.05, 4.69) is 10.3 Å². The number of nitrogens with zero attached hydrogens (tertiary/aromatic N) is 2. The second-order valence-corrected chi connectivity index (χ2v) is 10.4. The van der Waals surface area contributed by atoms with Crippen molar-refractivity contribution >= 4 is 32.2 Å². The topological polar surface area (TPSA) is 71.5 Å². The van der Waals surface area contributed by atoms with Crippen LogP contribution in [-0.4, -0.2) is 44.2 Å². The summed E-state index contributed by atoms with van der Waals surface area (Å²) in [5, 5.41) is 3.97. The van der Waals surface area contributed by atoms with E-state index in [0.29, 0.717) is 29.9 Å². The molecule has 1 atom stereocenters. The number of ether oxygens (including phenoxy) is 1. The number of aromatic nitrogens is 1. The van der Waals surface area contributed by atoms with Crippen molar-refractivity contribution in [3.8, 4) is 5.75 Å². The molecule has 6 nitrogen and oxygen atoms in total. The molecule has 1 aromatic heterocycles. The Kier molecular flexibility index (Phi) is 7.05. The van der Waals surface area contributed by atoms with E-state index in [1.165, 1.54) is 22.7 Å². The minimum atomic E-state index is -3.28. The molecule has 0 radical (unpaired) electrons.